The van der Waals surface area contributed by atoms with Gasteiger partial charge in [-0.2, -0.15) is 5.10 Å². The quantitative estimate of drug-likeness (QED) is 0.854. The molecule has 1 amide bonds. The van der Waals surface area contributed by atoms with Gasteiger partial charge in [-0.25, -0.2) is 0 Å². The molecule has 2 rings (SSSR count). The van der Waals surface area contributed by atoms with Crippen LogP contribution in [0.2, 0.25) is 0 Å². The minimum Gasteiger partial charge on any atom is -0.311 e. The largest absolute Gasteiger partial charge is 0.311 e. The van der Waals surface area contributed by atoms with E-state index in [-0.39, 0.29) is 10.8 Å². The highest BCUT2D eigenvalue weighted by Crippen LogP contribution is 2.12. The fourth-order valence-electron chi connectivity index (χ4n) is 1.96. The van der Waals surface area contributed by atoms with Crippen molar-refractivity contribution >= 4 is 23.1 Å². The van der Waals surface area contributed by atoms with Crippen LogP contribution in [0.4, 0.5) is 5.82 Å². The fourth-order valence-corrected chi connectivity index (χ4v) is 2.72. The van der Waals surface area contributed by atoms with Gasteiger partial charge >= 0.3 is 4.87 Å². The van der Waals surface area contributed by atoms with Gasteiger partial charge in [-0.15, -0.1) is 0 Å². The first-order valence-corrected chi connectivity index (χ1v) is 7.46. The number of hydrogen-bond acceptors (Lipinski definition) is 4. The summed E-state index contributed by atoms with van der Waals surface area (Å²) in [6.45, 7) is 4.48. The van der Waals surface area contributed by atoms with Crippen molar-refractivity contribution in [2.24, 2.45) is 0 Å². The number of aromatic amines is 1. The standard InChI is InChI=1S/C13H18N4O2S/c1-3-10-7-14-16-12(10)15-11(18)5-4-6-17-9(2)8-20-13(17)19/h7-8H,3-6H2,1-2H3,(H2,14,15,16,18). The van der Waals surface area contributed by atoms with Crippen molar-refractivity contribution in [1.82, 2.24) is 14.8 Å². The second-order valence-corrected chi connectivity index (χ2v) is 5.39. The van der Waals surface area contributed by atoms with Gasteiger partial charge in [-0.1, -0.05) is 18.3 Å². The summed E-state index contributed by atoms with van der Waals surface area (Å²) in [7, 11) is 0. The molecule has 0 spiro atoms. The molecule has 0 aromatic carbocycles. The van der Waals surface area contributed by atoms with Gasteiger partial charge in [0.05, 0.1) is 6.20 Å². The van der Waals surface area contributed by atoms with Gasteiger partial charge in [-0.05, 0) is 19.8 Å². The van der Waals surface area contributed by atoms with E-state index in [4.69, 9.17) is 0 Å². The molecule has 2 aromatic rings. The summed E-state index contributed by atoms with van der Waals surface area (Å²) in [4.78, 5) is 23.4. The fraction of sp³-hybridized carbons (Fsp3) is 0.462. The number of anilines is 1. The van der Waals surface area contributed by atoms with Crippen LogP contribution in [0.15, 0.2) is 16.4 Å². The molecule has 0 saturated heterocycles. The third-order valence-corrected chi connectivity index (χ3v) is 4.01. The molecule has 0 atom stereocenters. The van der Waals surface area contributed by atoms with Crippen molar-refractivity contribution in [3.05, 3.63) is 32.5 Å². The Bertz CT molecular complexity index is 641. The smallest absolute Gasteiger partial charge is 0.307 e. The summed E-state index contributed by atoms with van der Waals surface area (Å²) < 4.78 is 1.70. The molecular formula is C13H18N4O2S. The summed E-state index contributed by atoms with van der Waals surface area (Å²) in [6, 6.07) is 0. The Balaban J connectivity index is 1.83. The van der Waals surface area contributed by atoms with E-state index in [0.29, 0.717) is 25.2 Å². The Kier molecular flexibility index (Phi) is 4.73. The molecule has 0 aliphatic carbocycles. The van der Waals surface area contributed by atoms with E-state index in [1.54, 1.807) is 10.8 Å². The average molecular weight is 294 g/mol. The Morgan fingerprint density at radius 1 is 1.55 bits per heavy atom. The second kappa shape index (κ2) is 6.51. The predicted octanol–water partition coefficient (Wildman–Crippen LogP) is 1.92. The van der Waals surface area contributed by atoms with Gasteiger partial charge in [-0.3, -0.25) is 14.7 Å². The topological polar surface area (TPSA) is 79.8 Å². The van der Waals surface area contributed by atoms with Gasteiger partial charge in [0.1, 0.15) is 5.82 Å². The van der Waals surface area contributed by atoms with Gasteiger partial charge in [0, 0.05) is 29.6 Å². The van der Waals surface area contributed by atoms with Crippen LogP contribution >= 0.6 is 11.3 Å². The summed E-state index contributed by atoms with van der Waals surface area (Å²) >= 11 is 1.19. The highest BCUT2D eigenvalue weighted by molar-refractivity contribution is 7.07. The monoisotopic (exact) mass is 294 g/mol. The number of nitrogens with one attached hydrogen (secondary N) is 2. The highest BCUT2D eigenvalue weighted by Gasteiger charge is 2.08. The Morgan fingerprint density at radius 3 is 3.00 bits per heavy atom. The Morgan fingerprint density at radius 2 is 2.35 bits per heavy atom. The van der Waals surface area contributed by atoms with Crippen LogP contribution in [0.1, 0.15) is 31.0 Å². The van der Waals surface area contributed by atoms with Crippen LogP contribution in [0.5, 0.6) is 0 Å². The van der Waals surface area contributed by atoms with E-state index in [1.807, 2.05) is 19.2 Å². The molecule has 6 nitrogen and oxygen atoms in total. The zero-order valence-electron chi connectivity index (χ0n) is 11.6. The average Bonchev–Trinajstić information content (AvgIpc) is 2.99. The van der Waals surface area contributed by atoms with E-state index in [1.165, 1.54) is 11.3 Å². The minimum absolute atomic E-state index is 0.0322. The maximum absolute atomic E-state index is 11.8. The number of carbonyl (C=O) groups excluding carboxylic acids is 1. The molecule has 0 bridgehead atoms. The lowest BCUT2D eigenvalue weighted by atomic mass is 10.2. The third kappa shape index (κ3) is 3.36. The van der Waals surface area contributed by atoms with Gasteiger partial charge in [0.2, 0.25) is 5.91 Å². The Hall–Kier alpha value is -1.89. The third-order valence-electron chi connectivity index (χ3n) is 3.13. The van der Waals surface area contributed by atoms with Gasteiger partial charge in [0.15, 0.2) is 0 Å². The minimum atomic E-state index is -0.0649. The first-order chi connectivity index (χ1) is 9.61. The van der Waals surface area contributed by atoms with Crippen LogP contribution in [-0.2, 0) is 17.8 Å². The number of rotatable bonds is 6. The zero-order chi connectivity index (χ0) is 14.5. The number of carbonyl (C=O) groups is 1. The molecular weight excluding hydrogens is 276 g/mol. The summed E-state index contributed by atoms with van der Waals surface area (Å²) in [5.74, 6) is 0.603. The number of aromatic nitrogens is 3. The van der Waals surface area contributed by atoms with E-state index < -0.39 is 0 Å². The SMILES string of the molecule is CCc1cn[nH]c1NC(=O)CCCn1c(C)csc1=O. The van der Waals surface area contributed by atoms with E-state index in [9.17, 15) is 9.59 Å². The van der Waals surface area contributed by atoms with E-state index in [2.05, 4.69) is 15.5 Å². The number of amides is 1. The lowest BCUT2D eigenvalue weighted by molar-refractivity contribution is -0.116. The molecule has 0 radical (unpaired) electrons. The summed E-state index contributed by atoms with van der Waals surface area (Å²) in [6.07, 6.45) is 3.54. The molecule has 0 aliphatic heterocycles. The highest BCUT2D eigenvalue weighted by atomic mass is 32.1. The molecule has 7 heteroatoms. The molecule has 2 N–H and O–H groups in total. The number of aryl methyl sites for hydroxylation is 2. The molecule has 2 aromatic heterocycles. The van der Waals surface area contributed by atoms with Crippen molar-refractivity contribution in [2.75, 3.05) is 5.32 Å². The normalized spacial score (nSPS) is 10.7. The number of nitrogens with zero attached hydrogens (tertiary/aromatic N) is 2. The van der Waals surface area contributed by atoms with E-state index >= 15 is 0 Å². The van der Waals surface area contributed by atoms with Crippen molar-refractivity contribution < 1.29 is 4.79 Å². The first-order valence-electron chi connectivity index (χ1n) is 6.58. The number of hydrogen-bond donors (Lipinski definition) is 2. The maximum Gasteiger partial charge on any atom is 0.307 e. The molecule has 108 valence electrons. The van der Waals surface area contributed by atoms with Crippen LogP contribution in [0, 0.1) is 6.92 Å². The molecule has 0 fully saturated rings. The van der Waals surface area contributed by atoms with Gasteiger partial charge < -0.3 is 9.88 Å². The maximum atomic E-state index is 11.8. The summed E-state index contributed by atoms with van der Waals surface area (Å²) in [5.41, 5.74) is 1.94. The molecule has 0 aliphatic rings. The van der Waals surface area contributed by atoms with Crippen molar-refractivity contribution in [3.63, 3.8) is 0 Å². The van der Waals surface area contributed by atoms with Crippen molar-refractivity contribution in [3.8, 4) is 0 Å². The number of H-pyrrole nitrogens is 1. The van der Waals surface area contributed by atoms with Crippen LogP contribution < -0.4 is 10.2 Å². The van der Waals surface area contributed by atoms with Crippen molar-refractivity contribution in [2.45, 2.75) is 39.7 Å². The molecule has 0 saturated carbocycles. The van der Waals surface area contributed by atoms with Crippen LogP contribution in [-0.4, -0.2) is 20.7 Å². The summed E-state index contributed by atoms with van der Waals surface area (Å²) in [5, 5.41) is 11.3. The first kappa shape index (κ1) is 14.5. The van der Waals surface area contributed by atoms with Crippen LogP contribution in [0.25, 0.3) is 0 Å². The molecule has 20 heavy (non-hydrogen) atoms. The second-order valence-electron chi connectivity index (χ2n) is 4.57. The van der Waals surface area contributed by atoms with Crippen molar-refractivity contribution in [1.29, 1.82) is 0 Å². The molecule has 2 heterocycles. The van der Waals surface area contributed by atoms with E-state index in [0.717, 1.165) is 17.7 Å². The number of thiazole rings is 1. The van der Waals surface area contributed by atoms with Gasteiger partial charge in [0.25, 0.3) is 0 Å². The Labute approximate surface area is 120 Å². The lowest BCUT2D eigenvalue weighted by Crippen LogP contribution is -2.17. The predicted molar refractivity (Wildman–Crippen MR) is 79.1 cm³/mol. The zero-order valence-corrected chi connectivity index (χ0v) is 12.4. The van der Waals surface area contributed by atoms with Crippen LogP contribution in [0.3, 0.4) is 0 Å². The lowest BCUT2D eigenvalue weighted by Gasteiger charge is -2.06. The molecule has 0 unspecified atom stereocenters.